The van der Waals surface area contributed by atoms with E-state index < -0.39 is 0 Å². The molecule has 1 aliphatic carbocycles. The molecule has 0 aliphatic heterocycles. The summed E-state index contributed by atoms with van der Waals surface area (Å²) >= 11 is 0. The quantitative estimate of drug-likeness (QED) is 0.172. The fourth-order valence-corrected chi connectivity index (χ4v) is 8.91. The van der Waals surface area contributed by atoms with Crippen LogP contribution in [-0.2, 0) is 5.41 Å². The molecule has 0 amide bonds. The van der Waals surface area contributed by atoms with Crippen molar-refractivity contribution in [3.63, 3.8) is 0 Å². The molecule has 0 unspecified atom stereocenters. The first kappa shape index (κ1) is 32.3. The second kappa shape index (κ2) is 12.4. The van der Waals surface area contributed by atoms with Crippen LogP contribution in [0.15, 0.2) is 174 Å². The van der Waals surface area contributed by atoms with Crippen LogP contribution in [0.25, 0.3) is 66.1 Å². The molecule has 54 heavy (non-hydrogen) atoms. The van der Waals surface area contributed by atoms with Gasteiger partial charge in [0.05, 0.1) is 5.69 Å². The molecule has 0 fully saturated rings. The van der Waals surface area contributed by atoms with E-state index in [9.17, 15) is 0 Å². The highest BCUT2D eigenvalue weighted by molar-refractivity contribution is 6.07. The van der Waals surface area contributed by atoms with Gasteiger partial charge in [-0.1, -0.05) is 149 Å². The average Bonchev–Trinajstić information content (AvgIpc) is 3.69. The zero-order valence-corrected chi connectivity index (χ0v) is 31.1. The molecule has 0 atom stereocenters. The Morgan fingerprint density at radius 3 is 2.00 bits per heavy atom. The highest BCUT2D eigenvalue weighted by atomic mass is 16.3. The van der Waals surface area contributed by atoms with Gasteiger partial charge in [-0.3, -0.25) is 0 Å². The van der Waals surface area contributed by atoms with Gasteiger partial charge in [-0.15, -0.1) is 0 Å². The van der Waals surface area contributed by atoms with Crippen LogP contribution >= 0.6 is 0 Å². The van der Waals surface area contributed by atoms with Crippen molar-refractivity contribution >= 4 is 49.8 Å². The summed E-state index contributed by atoms with van der Waals surface area (Å²) in [5.41, 5.74) is 16.8. The zero-order valence-electron chi connectivity index (χ0n) is 31.1. The lowest BCUT2D eigenvalue weighted by molar-refractivity contribution is 0.659. The number of nitrogens with zero attached hydrogens (tertiary/aromatic N) is 1. The molecule has 9 aromatic rings. The second-order valence-electron chi connectivity index (χ2n) is 15.5. The first-order valence-electron chi connectivity index (χ1n) is 19.0. The van der Waals surface area contributed by atoms with E-state index in [1.54, 1.807) is 0 Å². The van der Waals surface area contributed by atoms with Gasteiger partial charge in [-0.25, -0.2) is 0 Å². The second-order valence-corrected chi connectivity index (χ2v) is 15.5. The first-order valence-corrected chi connectivity index (χ1v) is 19.0. The van der Waals surface area contributed by atoms with Crippen LogP contribution in [0.3, 0.4) is 0 Å². The molecular formula is C52H41NO. The Balaban J connectivity index is 1.17. The lowest BCUT2D eigenvalue weighted by atomic mass is 9.81. The van der Waals surface area contributed by atoms with Gasteiger partial charge >= 0.3 is 0 Å². The van der Waals surface area contributed by atoms with Crippen molar-refractivity contribution in [1.82, 2.24) is 0 Å². The van der Waals surface area contributed by atoms with E-state index in [2.05, 4.69) is 190 Å². The standard InChI is InChI=1S/C52H41NO/c1-33(2)40-18-12-19-45-51(40)43-28-27-39(32-46(43)52(45,3)4)53(47-29-23-35-13-8-9-16-41(35)50(47)36-14-6-5-7-15-36)38-25-21-34(22-26-38)37-24-30-49-44(31-37)42-17-10-11-20-48(42)54-49/h5-33H,1-4H3. The smallest absolute Gasteiger partial charge is 0.135 e. The minimum absolute atomic E-state index is 0.136. The Kier molecular flexibility index (Phi) is 7.39. The van der Waals surface area contributed by atoms with Crippen LogP contribution in [0, 0.1) is 0 Å². The SMILES string of the molecule is CC(C)c1cccc2c1-c1ccc(N(c3ccc(-c4ccc5oc6ccccc6c5c4)cc3)c3ccc4ccccc4c3-c3ccccc3)cc1C2(C)C. The van der Waals surface area contributed by atoms with Gasteiger partial charge in [0, 0.05) is 33.1 Å². The van der Waals surface area contributed by atoms with Crippen molar-refractivity contribution in [3.05, 3.63) is 187 Å². The molecule has 0 bridgehead atoms. The molecule has 0 spiro atoms. The Bertz CT molecular complexity index is 2880. The number of fused-ring (bicyclic) bond motifs is 7. The van der Waals surface area contributed by atoms with Crippen molar-refractivity contribution in [2.45, 2.75) is 39.0 Å². The highest BCUT2D eigenvalue weighted by Crippen LogP contribution is 2.53. The van der Waals surface area contributed by atoms with E-state index in [1.165, 1.54) is 60.8 Å². The van der Waals surface area contributed by atoms with E-state index in [0.717, 1.165) is 39.0 Å². The third-order valence-corrected chi connectivity index (χ3v) is 11.6. The minimum atomic E-state index is -0.136. The maximum absolute atomic E-state index is 6.15. The van der Waals surface area contributed by atoms with Crippen molar-refractivity contribution in [1.29, 1.82) is 0 Å². The molecule has 2 heteroatoms. The third kappa shape index (κ3) is 5.01. The van der Waals surface area contributed by atoms with Crippen LogP contribution < -0.4 is 4.90 Å². The first-order chi connectivity index (χ1) is 26.4. The maximum Gasteiger partial charge on any atom is 0.135 e. The molecule has 0 saturated carbocycles. The minimum Gasteiger partial charge on any atom is -0.456 e. The molecule has 8 aromatic carbocycles. The fraction of sp³-hybridized carbons (Fsp3) is 0.115. The molecule has 10 rings (SSSR count). The number of anilines is 3. The van der Waals surface area contributed by atoms with Gasteiger partial charge in [0.2, 0.25) is 0 Å². The van der Waals surface area contributed by atoms with Gasteiger partial charge in [0.15, 0.2) is 0 Å². The van der Waals surface area contributed by atoms with Crippen molar-refractivity contribution in [2.75, 3.05) is 4.90 Å². The van der Waals surface area contributed by atoms with Crippen molar-refractivity contribution in [3.8, 4) is 33.4 Å². The molecular weight excluding hydrogens is 655 g/mol. The third-order valence-electron chi connectivity index (χ3n) is 11.6. The summed E-state index contributed by atoms with van der Waals surface area (Å²) in [5, 5.41) is 4.74. The summed E-state index contributed by atoms with van der Waals surface area (Å²) < 4.78 is 6.15. The predicted molar refractivity (Wildman–Crippen MR) is 228 cm³/mol. The average molecular weight is 696 g/mol. The topological polar surface area (TPSA) is 16.4 Å². The molecule has 1 heterocycles. The van der Waals surface area contributed by atoms with Crippen LogP contribution in [0.4, 0.5) is 17.1 Å². The largest absolute Gasteiger partial charge is 0.456 e. The molecule has 2 nitrogen and oxygen atoms in total. The van der Waals surface area contributed by atoms with Gasteiger partial charge in [0.25, 0.3) is 0 Å². The zero-order chi connectivity index (χ0) is 36.6. The summed E-state index contributed by atoms with van der Waals surface area (Å²) in [7, 11) is 0. The molecule has 0 radical (unpaired) electrons. The van der Waals surface area contributed by atoms with Gasteiger partial charge < -0.3 is 9.32 Å². The van der Waals surface area contributed by atoms with Gasteiger partial charge in [-0.05, 0) is 110 Å². The van der Waals surface area contributed by atoms with Crippen LogP contribution in [0.2, 0.25) is 0 Å². The summed E-state index contributed by atoms with van der Waals surface area (Å²) in [6.07, 6.45) is 0. The van der Waals surface area contributed by atoms with E-state index >= 15 is 0 Å². The Hall–Kier alpha value is -6.38. The van der Waals surface area contributed by atoms with Gasteiger partial charge in [0.1, 0.15) is 11.2 Å². The predicted octanol–water partition coefficient (Wildman–Crippen LogP) is 15.0. The number of para-hydroxylation sites is 1. The van der Waals surface area contributed by atoms with Crippen LogP contribution in [0.1, 0.15) is 50.3 Å². The number of rotatable bonds is 6. The summed E-state index contributed by atoms with van der Waals surface area (Å²) in [5.74, 6) is 0.440. The lowest BCUT2D eigenvalue weighted by Crippen LogP contribution is -2.17. The Morgan fingerprint density at radius 2 is 1.19 bits per heavy atom. The van der Waals surface area contributed by atoms with E-state index in [-0.39, 0.29) is 5.41 Å². The number of hydrogen-bond donors (Lipinski definition) is 0. The summed E-state index contributed by atoms with van der Waals surface area (Å²) in [4.78, 5) is 2.47. The van der Waals surface area contributed by atoms with Crippen LogP contribution in [0.5, 0.6) is 0 Å². The highest BCUT2D eigenvalue weighted by Gasteiger charge is 2.37. The van der Waals surface area contributed by atoms with E-state index in [1.807, 2.05) is 12.1 Å². The molecule has 1 aromatic heterocycles. The lowest BCUT2D eigenvalue weighted by Gasteiger charge is -2.30. The number of benzene rings is 8. The van der Waals surface area contributed by atoms with Crippen LogP contribution in [-0.4, -0.2) is 0 Å². The maximum atomic E-state index is 6.15. The molecule has 260 valence electrons. The molecule has 1 aliphatic rings. The van der Waals surface area contributed by atoms with E-state index in [4.69, 9.17) is 4.42 Å². The monoisotopic (exact) mass is 695 g/mol. The summed E-state index contributed by atoms with van der Waals surface area (Å²) in [6.45, 7) is 9.38. The van der Waals surface area contributed by atoms with Crippen molar-refractivity contribution in [2.24, 2.45) is 0 Å². The van der Waals surface area contributed by atoms with Gasteiger partial charge in [-0.2, -0.15) is 0 Å². The Morgan fingerprint density at radius 1 is 0.481 bits per heavy atom. The summed E-state index contributed by atoms with van der Waals surface area (Å²) in [6, 6.07) is 62.1. The number of hydrogen-bond acceptors (Lipinski definition) is 2. The molecule has 0 saturated heterocycles. The van der Waals surface area contributed by atoms with Crippen molar-refractivity contribution < 1.29 is 4.42 Å². The number of furan rings is 1. The normalized spacial score (nSPS) is 13.1. The fourth-order valence-electron chi connectivity index (χ4n) is 8.91. The Labute approximate surface area is 316 Å². The molecule has 0 N–H and O–H groups in total. The van der Waals surface area contributed by atoms with E-state index in [0.29, 0.717) is 5.92 Å².